The van der Waals surface area contributed by atoms with Crippen molar-refractivity contribution in [2.75, 3.05) is 11.5 Å². The number of pyridine rings is 1. The fraction of sp³-hybridized carbons (Fsp3) is 0.250. The third-order valence-electron chi connectivity index (χ3n) is 5.91. The van der Waals surface area contributed by atoms with Crippen molar-refractivity contribution in [3.8, 4) is 5.75 Å². The molecule has 1 fully saturated rings. The first kappa shape index (κ1) is 21.1. The van der Waals surface area contributed by atoms with Crippen LogP contribution in [0.25, 0.3) is 0 Å². The number of thiocarbonyl (C=S) groups is 1. The van der Waals surface area contributed by atoms with Crippen LogP contribution in [0.5, 0.6) is 5.75 Å². The van der Waals surface area contributed by atoms with Crippen molar-refractivity contribution < 1.29 is 4.74 Å². The van der Waals surface area contributed by atoms with Crippen molar-refractivity contribution in [1.29, 1.82) is 0 Å². The molecule has 33 heavy (non-hydrogen) atoms. The molecule has 0 aliphatic carbocycles. The van der Waals surface area contributed by atoms with Crippen molar-refractivity contribution in [3.05, 3.63) is 90.0 Å². The van der Waals surface area contributed by atoms with Crippen LogP contribution in [0.4, 0.5) is 5.69 Å². The second-order valence-electron chi connectivity index (χ2n) is 7.90. The molecule has 2 atom stereocenters. The van der Waals surface area contributed by atoms with Crippen LogP contribution in [-0.4, -0.2) is 36.3 Å². The Kier molecular flexibility index (Phi) is 5.55. The van der Waals surface area contributed by atoms with Crippen molar-refractivity contribution in [3.63, 3.8) is 0 Å². The molecular weight excluding hydrogens is 434 g/mol. The minimum absolute atomic E-state index is 0.0956. The quantitative estimate of drug-likeness (QED) is 0.437. The van der Waals surface area contributed by atoms with Crippen LogP contribution in [0.2, 0.25) is 0 Å². The van der Waals surface area contributed by atoms with Gasteiger partial charge in [0.2, 0.25) is 0 Å². The Morgan fingerprint density at radius 3 is 2.48 bits per heavy atom. The molecule has 0 saturated carbocycles. The lowest BCUT2D eigenvalue weighted by atomic mass is 9.96. The van der Waals surface area contributed by atoms with Gasteiger partial charge in [-0.2, -0.15) is 0 Å². The van der Waals surface area contributed by atoms with Gasteiger partial charge < -0.3 is 15.0 Å². The van der Waals surface area contributed by atoms with E-state index in [-0.39, 0.29) is 12.1 Å². The highest BCUT2D eigenvalue weighted by Crippen LogP contribution is 2.43. The molecule has 1 aliphatic rings. The number of benzene rings is 1. The average molecular weight is 460 g/mol. The third kappa shape index (κ3) is 3.74. The Hall–Kier alpha value is -3.72. The monoisotopic (exact) mass is 459 g/mol. The molecule has 1 saturated heterocycles. The lowest BCUT2D eigenvalue weighted by molar-refractivity contribution is 0.340. The molecule has 9 heteroatoms. The SMILES string of the molecule is CCOc1ccc(N2C(=S)N[C@@H](c3ccccn3)[C@@H]2c2cc(C)n(-n3cnnc3)c2C)cc1. The Morgan fingerprint density at radius 1 is 1.06 bits per heavy atom. The predicted molar refractivity (Wildman–Crippen MR) is 130 cm³/mol. The summed E-state index contributed by atoms with van der Waals surface area (Å²) in [7, 11) is 0. The van der Waals surface area contributed by atoms with E-state index < -0.39 is 0 Å². The first-order valence-electron chi connectivity index (χ1n) is 10.9. The highest BCUT2D eigenvalue weighted by Gasteiger charge is 2.42. The lowest BCUT2D eigenvalue weighted by Gasteiger charge is -2.28. The molecule has 0 amide bonds. The molecule has 3 aromatic heterocycles. The van der Waals surface area contributed by atoms with Gasteiger partial charge in [-0.15, -0.1) is 10.2 Å². The maximum atomic E-state index is 5.85. The van der Waals surface area contributed by atoms with E-state index in [9.17, 15) is 0 Å². The molecule has 0 unspecified atom stereocenters. The summed E-state index contributed by atoms with van der Waals surface area (Å²) in [5.74, 6) is 0.836. The van der Waals surface area contributed by atoms with Gasteiger partial charge >= 0.3 is 0 Å². The van der Waals surface area contributed by atoms with E-state index in [1.807, 2.05) is 60.3 Å². The van der Waals surface area contributed by atoms with Crippen molar-refractivity contribution >= 4 is 23.0 Å². The van der Waals surface area contributed by atoms with E-state index in [0.29, 0.717) is 11.7 Å². The number of nitrogens with one attached hydrogen (secondary N) is 1. The van der Waals surface area contributed by atoms with Crippen molar-refractivity contribution in [1.82, 2.24) is 29.9 Å². The molecule has 1 N–H and O–H groups in total. The summed E-state index contributed by atoms with van der Waals surface area (Å²) >= 11 is 5.85. The molecule has 0 radical (unpaired) electrons. The summed E-state index contributed by atoms with van der Waals surface area (Å²) in [6, 6.07) is 16.0. The number of aromatic nitrogens is 5. The maximum absolute atomic E-state index is 5.85. The molecule has 4 aromatic rings. The number of anilines is 1. The molecule has 4 heterocycles. The van der Waals surface area contributed by atoms with E-state index in [4.69, 9.17) is 17.0 Å². The van der Waals surface area contributed by atoms with Gasteiger partial charge in [-0.3, -0.25) is 9.66 Å². The van der Waals surface area contributed by atoms with Crippen LogP contribution in [0.3, 0.4) is 0 Å². The van der Waals surface area contributed by atoms with Gasteiger partial charge in [0.25, 0.3) is 0 Å². The topological polar surface area (TPSA) is 73.0 Å². The Bertz CT molecular complexity index is 1250. The first-order chi connectivity index (χ1) is 16.1. The van der Waals surface area contributed by atoms with Gasteiger partial charge in [0.1, 0.15) is 18.4 Å². The number of hydrogen-bond acceptors (Lipinski definition) is 5. The van der Waals surface area contributed by atoms with Crippen LogP contribution in [0, 0.1) is 13.8 Å². The number of aryl methyl sites for hydroxylation is 1. The summed E-state index contributed by atoms with van der Waals surface area (Å²) in [5, 5.41) is 12.1. The van der Waals surface area contributed by atoms with Crippen LogP contribution in [0.1, 0.15) is 41.7 Å². The predicted octanol–water partition coefficient (Wildman–Crippen LogP) is 3.98. The lowest BCUT2D eigenvalue weighted by Crippen LogP contribution is -2.29. The zero-order chi connectivity index (χ0) is 22.9. The van der Waals surface area contributed by atoms with Gasteiger partial charge in [0.05, 0.1) is 24.4 Å². The molecular formula is C24H25N7OS. The minimum atomic E-state index is -0.111. The van der Waals surface area contributed by atoms with Gasteiger partial charge in [-0.05, 0) is 75.5 Å². The van der Waals surface area contributed by atoms with Gasteiger partial charge in [-0.25, -0.2) is 4.68 Å². The van der Waals surface area contributed by atoms with E-state index in [0.717, 1.165) is 34.1 Å². The van der Waals surface area contributed by atoms with E-state index >= 15 is 0 Å². The second kappa shape index (κ2) is 8.67. The fourth-order valence-corrected chi connectivity index (χ4v) is 4.90. The molecule has 168 valence electrons. The van der Waals surface area contributed by atoms with Crippen LogP contribution < -0.4 is 15.0 Å². The number of hydrogen-bond donors (Lipinski definition) is 1. The molecule has 8 nitrogen and oxygen atoms in total. The van der Waals surface area contributed by atoms with Crippen LogP contribution >= 0.6 is 12.2 Å². The van der Waals surface area contributed by atoms with E-state index in [1.54, 1.807) is 12.7 Å². The Labute approximate surface area is 197 Å². The smallest absolute Gasteiger partial charge is 0.174 e. The largest absolute Gasteiger partial charge is 0.494 e. The van der Waals surface area contributed by atoms with Crippen molar-refractivity contribution in [2.45, 2.75) is 32.9 Å². The number of rotatable bonds is 6. The standard InChI is InChI=1S/C24H25N7OS/c1-4-32-19-10-8-18(9-11-19)30-23(22(28-24(30)33)21-7-5-6-12-25-21)20-13-16(2)31(17(20)3)29-14-26-27-15-29/h5-15,22-23H,4H2,1-3H3,(H,28,33)/t22-,23-/m0/s1. The molecule has 5 rings (SSSR count). The summed E-state index contributed by atoms with van der Waals surface area (Å²) in [5.41, 5.74) is 5.24. The Morgan fingerprint density at radius 2 is 1.82 bits per heavy atom. The molecule has 1 aromatic carbocycles. The van der Waals surface area contributed by atoms with Gasteiger partial charge in [0.15, 0.2) is 5.11 Å². The molecule has 1 aliphatic heterocycles. The van der Waals surface area contributed by atoms with E-state index in [1.165, 1.54) is 0 Å². The van der Waals surface area contributed by atoms with Crippen LogP contribution in [-0.2, 0) is 0 Å². The third-order valence-corrected chi connectivity index (χ3v) is 6.23. The zero-order valence-corrected chi connectivity index (χ0v) is 19.5. The summed E-state index contributed by atoms with van der Waals surface area (Å²) in [6.45, 7) is 6.79. The maximum Gasteiger partial charge on any atom is 0.174 e. The highest BCUT2D eigenvalue weighted by atomic mass is 32.1. The van der Waals surface area contributed by atoms with Crippen molar-refractivity contribution in [2.24, 2.45) is 0 Å². The molecule has 0 spiro atoms. The summed E-state index contributed by atoms with van der Waals surface area (Å²) < 4.78 is 9.62. The highest BCUT2D eigenvalue weighted by molar-refractivity contribution is 7.80. The zero-order valence-electron chi connectivity index (χ0n) is 18.7. The van der Waals surface area contributed by atoms with Crippen LogP contribution in [0.15, 0.2) is 67.4 Å². The number of nitrogens with zero attached hydrogens (tertiary/aromatic N) is 6. The fourth-order valence-electron chi connectivity index (χ4n) is 4.55. The molecule has 0 bridgehead atoms. The average Bonchev–Trinajstić information content (AvgIpc) is 3.53. The summed E-state index contributed by atoms with van der Waals surface area (Å²) in [4.78, 5) is 6.81. The number of ether oxygens (including phenoxy) is 1. The normalized spacial score (nSPS) is 17.9. The van der Waals surface area contributed by atoms with Gasteiger partial charge in [0, 0.05) is 28.8 Å². The first-order valence-corrected chi connectivity index (χ1v) is 11.3. The second-order valence-corrected chi connectivity index (χ2v) is 8.29. The minimum Gasteiger partial charge on any atom is -0.494 e. The summed E-state index contributed by atoms with van der Waals surface area (Å²) in [6.07, 6.45) is 5.21. The Balaban J connectivity index is 1.64. The van der Waals surface area contributed by atoms with E-state index in [2.05, 4.69) is 50.0 Å². The van der Waals surface area contributed by atoms with Gasteiger partial charge in [-0.1, -0.05) is 6.07 Å².